The molecule has 0 aromatic heterocycles. The molecule has 10 N–H and O–H groups in total. The fourth-order valence-electron chi connectivity index (χ4n) is 6.30. The van der Waals surface area contributed by atoms with E-state index in [0.29, 0.717) is 6.42 Å². The lowest BCUT2D eigenvalue weighted by Gasteiger charge is -2.44. The van der Waals surface area contributed by atoms with Gasteiger partial charge in [-0.05, 0) is 26.2 Å². The fourth-order valence-corrected chi connectivity index (χ4v) is 7.06. The number of unbranched alkanes of at least 4 members (excludes halogenated alkanes) is 11. The van der Waals surface area contributed by atoms with Crippen molar-refractivity contribution >= 4 is 31.5 Å². The molecule has 55 heavy (non-hydrogen) atoms. The molecule has 0 aromatic carbocycles. The van der Waals surface area contributed by atoms with E-state index in [9.17, 15) is 44.0 Å². The van der Waals surface area contributed by atoms with Gasteiger partial charge in [-0.1, -0.05) is 84.5 Å². The number of amides is 4. The Morgan fingerprint density at radius 1 is 0.927 bits per heavy atom. The second kappa shape index (κ2) is 28.2. The van der Waals surface area contributed by atoms with Crippen molar-refractivity contribution in [3.63, 3.8) is 0 Å². The molecule has 0 spiro atoms. The lowest BCUT2D eigenvalue weighted by molar-refractivity contribution is -0.268. The van der Waals surface area contributed by atoms with Crippen LogP contribution < -0.4 is 22.1 Å². The van der Waals surface area contributed by atoms with Gasteiger partial charge in [-0.15, -0.1) is 0 Å². The molecule has 1 rings (SSSR count). The highest BCUT2D eigenvalue weighted by Crippen LogP contribution is 2.43. The van der Waals surface area contributed by atoms with E-state index in [4.69, 9.17) is 30.0 Å². The van der Waals surface area contributed by atoms with Crippen molar-refractivity contribution in [3.8, 4) is 0 Å². The van der Waals surface area contributed by atoms with Gasteiger partial charge in [0.05, 0.1) is 32.0 Å². The van der Waals surface area contributed by atoms with Gasteiger partial charge in [0.1, 0.15) is 30.4 Å². The fraction of sp³-hybridized carbons (Fsp3) is 0.889. The summed E-state index contributed by atoms with van der Waals surface area (Å²) in [5.41, 5.74) is 11.7. The van der Waals surface area contributed by atoms with Crippen LogP contribution in [0.4, 0.5) is 0 Å². The molecular weight excluding hydrogens is 741 g/mol. The van der Waals surface area contributed by atoms with Crippen LogP contribution in [0.25, 0.3) is 0 Å². The summed E-state index contributed by atoms with van der Waals surface area (Å²) in [6, 6.07) is -3.59. The number of phosphoric acid groups is 1. The van der Waals surface area contributed by atoms with E-state index < -0.39 is 86.9 Å². The lowest BCUT2D eigenvalue weighted by atomic mass is 9.96. The van der Waals surface area contributed by atoms with Gasteiger partial charge in [-0.2, -0.15) is 0 Å². The summed E-state index contributed by atoms with van der Waals surface area (Å²) in [4.78, 5) is 61.6. The zero-order valence-electron chi connectivity index (χ0n) is 33.3. The average Bonchev–Trinajstić information content (AvgIpc) is 3.13. The van der Waals surface area contributed by atoms with E-state index in [-0.39, 0.29) is 45.6 Å². The van der Waals surface area contributed by atoms with E-state index in [1.165, 1.54) is 65.2 Å². The Morgan fingerprint density at radius 3 is 2.02 bits per heavy atom. The number of nitrogens with one attached hydrogen (secondary N) is 2. The van der Waals surface area contributed by atoms with E-state index in [1.54, 1.807) is 6.92 Å². The molecule has 1 aliphatic heterocycles. The number of hydrogen-bond acceptors (Lipinski definition) is 13. The predicted molar refractivity (Wildman–Crippen MR) is 204 cm³/mol. The molecule has 1 aliphatic rings. The number of carbonyl (C=O) groups is 4. The van der Waals surface area contributed by atoms with Gasteiger partial charge in [0.2, 0.25) is 23.6 Å². The Balaban J connectivity index is 2.61. The minimum absolute atomic E-state index is 0.0727. The standard InChI is InChI=1S/C36H70N5O13P/c1-5-7-8-9-10-11-12-13-14-15-16-17-21-51-55(49,50)52-22-20-39-30(44)19-18-28(34(38)46)41(35(47)27(37)6-2)23-25(3)53-33-31(40-26(4)43)36(48)54-29(24-42)32(33)45/h25,27-29,31-33,36,42,45,48H,5-24,37H2,1-4H3,(H2,38,46)(H,39,44)(H,40,43)(H,49,50)/t25?,27?,28-,29-,31-,32-,33-,36+/m1/s1. The molecule has 1 heterocycles. The summed E-state index contributed by atoms with van der Waals surface area (Å²) in [6.45, 7) is 5.24. The number of phosphoric ester groups is 1. The Hall–Kier alpha value is -2.25. The van der Waals surface area contributed by atoms with Crippen LogP contribution in [0.1, 0.15) is 124 Å². The molecule has 0 bridgehead atoms. The number of primary amides is 1. The van der Waals surface area contributed by atoms with Gasteiger partial charge in [-0.25, -0.2) is 4.57 Å². The van der Waals surface area contributed by atoms with Crippen LogP contribution in [-0.4, -0.2) is 130 Å². The maximum absolute atomic E-state index is 13.4. The maximum Gasteiger partial charge on any atom is 0.472 e. The van der Waals surface area contributed by atoms with Gasteiger partial charge in [0, 0.05) is 26.4 Å². The summed E-state index contributed by atoms with van der Waals surface area (Å²) in [5, 5.41) is 35.8. The quantitative estimate of drug-likeness (QED) is 0.0364. The Kier molecular flexibility index (Phi) is 26.0. The maximum atomic E-state index is 13.4. The van der Waals surface area contributed by atoms with Crippen LogP contribution in [-0.2, 0) is 42.3 Å². The van der Waals surface area contributed by atoms with Crippen LogP contribution in [0.5, 0.6) is 0 Å². The number of rotatable bonds is 31. The number of hydrogen-bond donors (Lipinski definition) is 8. The topological polar surface area (TPSA) is 283 Å². The van der Waals surface area contributed by atoms with Crippen LogP contribution in [0, 0.1) is 0 Å². The van der Waals surface area contributed by atoms with Crippen molar-refractivity contribution in [1.82, 2.24) is 15.5 Å². The summed E-state index contributed by atoms with van der Waals surface area (Å²) in [5.74, 6) is -2.69. The van der Waals surface area contributed by atoms with Gasteiger partial charge in [-0.3, -0.25) is 28.2 Å². The Labute approximate surface area is 326 Å². The summed E-state index contributed by atoms with van der Waals surface area (Å²) in [6.07, 6.45) is 6.92. The first-order valence-electron chi connectivity index (χ1n) is 19.9. The molecule has 1 saturated heterocycles. The molecule has 1 fully saturated rings. The molecule has 0 saturated carbocycles. The molecule has 322 valence electrons. The molecule has 9 atom stereocenters. The zero-order chi connectivity index (χ0) is 41.4. The van der Waals surface area contributed by atoms with Crippen LogP contribution in [0.15, 0.2) is 0 Å². The minimum Gasteiger partial charge on any atom is -0.394 e. The molecular formula is C36H70N5O13P. The number of aliphatic hydroxyl groups is 3. The zero-order valence-corrected chi connectivity index (χ0v) is 34.2. The SMILES string of the molecule is CCCCCCCCCCCCCCOP(=O)(O)OCCNC(=O)CC[C@H](C(N)=O)N(CC(C)O[C@H]1[C@H](O)[C@@H](CO)O[C@H](O)[C@@H]1NC(C)=O)C(=O)C(N)CC. The van der Waals surface area contributed by atoms with Crippen LogP contribution in [0.3, 0.4) is 0 Å². The van der Waals surface area contributed by atoms with Crippen molar-refractivity contribution in [1.29, 1.82) is 0 Å². The molecule has 3 unspecified atom stereocenters. The predicted octanol–water partition coefficient (Wildman–Crippen LogP) is 1.49. The first kappa shape index (κ1) is 50.8. The number of carbonyl (C=O) groups excluding carboxylic acids is 4. The van der Waals surface area contributed by atoms with E-state index in [1.807, 2.05) is 0 Å². The third kappa shape index (κ3) is 20.7. The first-order valence-corrected chi connectivity index (χ1v) is 21.4. The highest BCUT2D eigenvalue weighted by Gasteiger charge is 2.46. The van der Waals surface area contributed by atoms with Gasteiger partial charge < -0.3 is 56.7 Å². The molecule has 18 nitrogen and oxygen atoms in total. The summed E-state index contributed by atoms with van der Waals surface area (Å²) < 4.78 is 33.4. The van der Waals surface area contributed by atoms with Crippen molar-refractivity contribution in [3.05, 3.63) is 0 Å². The van der Waals surface area contributed by atoms with Gasteiger partial charge >= 0.3 is 7.82 Å². The Bertz CT molecular complexity index is 1170. The smallest absolute Gasteiger partial charge is 0.394 e. The average molecular weight is 812 g/mol. The third-order valence-electron chi connectivity index (χ3n) is 9.41. The summed E-state index contributed by atoms with van der Waals surface area (Å²) >= 11 is 0. The number of ether oxygens (including phenoxy) is 2. The van der Waals surface area contributed by atoms with E-state index >= 15 is 0 Å². The van der Waals surface area contributed by atoms with Crippen LogP contribution in [0.2, 0.25) is 0 Å². The molecule has 19 heteroatoms. The van der Waals surface area contributed by atoms with Gasteiger partial charge in [0.25, 0.3) is 0 Å². The summed E-state index contributed by atoms with van der Waals surface area (Å²) in [7, 11) is -4.32. The number of aliphatic hydroxyl groups excluding tert-OH is 3. The minimum atomic E-state index is -4.32. The molecule has 0 radical (unpaired) electrons. The molecule has 0 aliphatic carbocycles. The highest BCUT2D eigenvalue weighted by atomic mass is 31.2. The van der Waals surface area contributed by atoms with Gasteiger partial charge in [0.15, 0.2) is 6.29 Å². The molecule has 4 amide bonds. The van der Waals surface area contributed by atoms with E-state index in [0.717, 1.165) is 24.2 Å². The molecule has 0 aromatic rings. The van der Waals surface area contributed by atoms with Crippen molar-refractivity contribution < 1.29 is 62.5 Å². The van der Waals surface area contributed by atoms with Crippen molar-refractivity contribution in [2.45, 2.75) is 173 Å². The largest absolute Gasteiger partial charge is 0.472 e. The highest BCUT2D eigenvalue weighted by molar-refractivity contribution is 7.47. The third-order valence-corrected chi connectivity index (χ3v) is 10.4. The van der Waals surface area contributed by atoms with Crippen molar-refractivity contribution in [2.75, 3.05) is 32.9 Å². The Morgan fingerprint density at radius 2 is 1.49 bits per heavy atom. The monoisotopic (exact) mass is 811 g/mol. The number of nitrogens with two attached hydrogens (primary N) is 2. The normalized spacial score (nSPS) is 22.6. The van der Waals surface area contributed by atoms with Crippen molar-refractivity contribution in [2.24, 2.45) is 11.5 Å². The second-order valence-electron chi connectivity index (χ2n) is 14.2. The lowest BCUT2D eigenvalue weighted by Crippen LogP contribution is -2.65. The second-order valence-corrected chi connectivity index (χ2v) is 15.7. The van der Waals surface area contributed by atoms with Crippen LogP contribution >= 0.6 is 7.82 Å². The number of nitrogens with zero attached hydrogens (tertiary/aromatic N) is 1. The van der Waals surface area contributed by atoms with E-state index in [2.05, 4.69) is 17.6 Å². The first-order chi connectivity index (χ1) is 26.1.